The smallest absolute Gasteiger partial charge is 0.214 e. The Balaban J connectivity index is -0.0000000112. The molecular weight excluding hydrogens is 156 g/mol. The summed E-state index contributed by atoms with van der Waals surface area (Å²) in [5.41, 5.74) is 4.47. The zero-order valence-electron chi connectivity index (χ0n) is 6.10. The summed E-state index contributed by atoms with van der Waals surface area (Å²) in [4.78, 5) is 18.7. The molecule has 12 heavy (non-hydrogen) atoms. The molecule has 0 heterocycles. The Hall–Kier alpha value is -0.900. The number of primary amides is 1. The van der Waals surface area contributed by atoms with E-state index in [9.17, 15) is 9.59 Å². The molecule has 0 aliphatic rings. The number of carbonyl (C=O) groups excluding carboxylic acids is 2. The van der Waals surface area contributed by atoms with Crippen LogP contribution in [0.15, 0.2) is 0 Å². The summed E-state index contributed by atoms with van der Waals surface area (Å²) in [7, 11) is 0. The first-order valence-electron chi connectivity index (χ1n) is 2.20. The van der Waals surface area contributed by atoms with Crippen LogP contribution in [0.2, 0.25) is 0 Å². The average molecular weight is 182 g/mol. The van der Waals surface area contributed by atoms with Crippen molar-refractivity contribution in [2.75, 3.05) is 0 Å². The summed E-state index contributed by atoms with van der Waals surface area (Å²) < 4.78 is 0. The molecule has 0 rings (SSSR count). The molecule has 5 N–H and O–H groups in total. The Morgan fingerprint density at radius 3 is 0.917 bits per heavy atom. The van der Waals surface area contributed by atoms with Crippen LogP contribution in [0.1, 0.15) is 43.1 Å². The fourth-order valence-corrected chi connectivity index (χ4v) is 0. The van der Waals surface area contributed by atoms with Crippen molar-refractivity contribution in [1.82, 2.24) is 6.15 Å². The molecule has 0 saturated heterocycles. The lowest BCUT2D eigenvalue weighted by atomic mass is 10.6. The van der Waals surface area contributed by atoms with Gasteiger partial charge < -0.3 is 16.7 Å². The van der Waals surface area contributed by atoms with E-state index in [0.29, 0.717) is 0 Å². The number of nitrogens with two attached hydrogens (primary N) is 1. The molecular formula is C8H26N2O2. The molecule has 0 aliphatic heterocycles. The van der Waals surface area contributed by atoms with Gasteiger partial charge in [0.15, 0.2) is 0 Å². The van der Waals surface area contributed by atoms with Gasteiger partial charge in [-0.25, -0.2) is 0 Å². The van der Waals surface area contributed by atoms with Crippen molar-refractivity contribution >= 4 is 11.7 Å². The van der Waals surface area contributed by atoms with Gasteiger partial charge in [0.1, 0.15) is 5.78 Å². The van der Waals surface area contributed by atoms with E-state index >= 15 is 0 Å². The second-order valence-electron chi connectivity index (χ2n) is 1.52. The Labute approximate surface area is 77.1 Å². The summed E-state index contributed by atoms with van der Waals surface area (Å²) in [5, 5.41) is 0. The Kier molecular flexibility index (Phi) is 117. The highest BCUT2D eigenvalue weighted by Gasteiger charge is 1.62. The third-order valence-corrected chi connectivity index (χ3v) is 0. The van der Waals surface area contributed by atoms with E-state index < -0.39 is 0 Å². The lowest BCUT2D eigenvalue weighted by Gasteiger charge is -1.60. The maximum absolute atomic E-state index is 9.44. The molecule has 0 aliphatic carbocycles. The van der Waals surface area contributed by atoms with E-state index in [1.54, 1.807) is 0 Å². The van der Waals surface area contributed by atoms with Crippen molar-refractivity contribution in [3.63, 3.8) is 0 Å². The van der Waals surface area contributed by atoms with Gasteiger partial charge in [-0.05, 0) is 13.8 Å². The number of hydrogen-bond donors (Lipinski definition) is 2. The Morgan fingerprint density at radius 1 is 0.917 bits per heavy atom. The van der Waals surface area contributed by atoms with E-state index in [2.05, 4.69) is 5.73 Å². The molecule has 0 fully saturated rings. The number of Topliss-reactive ketones (excluding diaryl/α,β-unsaturated/α-hetero) is 1. The SMILES string of the molecule is C.C.C.CC(C)=O.CC(N)=O.N. The van der Waals surface area contributed by atoms with Crippen molar-refractivity contribution in [3.05, 3.63) is 0 Å². The van der Waals surface area contributed by atoms with Crippen molar-refractivity contribution in [2.24, 2.45) is 5.73 Å². The summed E-state index contributed by atoms with van der Waals surface area (Å²) >= 11 is 0. The minimum Gasteiger partial charge on any atom is -0.370 e. The molecule has 80 valence electrons. The van der Waals surface area contributed by atoms with Gasteiger partial charge >= 0.3 is 0 Å². The van der Waals surface area contributed by atoms with Gasteiger partial charge in [0, 0.05) is 6.92 Å². The van der Waals surface area contributed by atoms with E-state index in [4.69, 9.17) is 0 Å². The molecule has 0 unspecified atom stereocenters. The topological polar surface area (TPSA) is 95.2 Å². The van der Waals surface area contributed by atoms with Crippen LogP contribution in [0.3, 0.4) is 0 Å². The second-order valence-corrected chi connectivity index (χ2v) is 1.52. The first-order chi connectivity index (χ1) is 3.46. The number of hydrogen-bond acceptors (Lipinski definition) is 3. The van der Waals surface area contributed by atoms with Crippen molar-refractivity contribution in [1.29, 1.82) is 0 Å². The van der Waals surface area contributed by atoms with Crippen LogP contribution in [-0.4, -0.2) is 11.7 Å². The fourth-order valence-electron chi connectivity index (χ4n) is 0. The second kappa shape index (κ2) is 32.2. The highest BCUT2D eigenvalue weighted by Crippen LogP contribution is 1.50. The monoisotopic (exact) mass is 182 g/mol. The lowest BCUT2D eigenvalue weighted by molar-refractivity contribution is -0.116. The standard InChI is InChI=1S/C3H6O.C2H5NO.3CH4.H3N/c1-3(2)4;1-2(3)4;;;;/h1-2H3;1H3,(H2,3,4);3*1H4;1H3. The largest absolute Gasteiger partial charge is 0.370 e. The minimum atomic E-state index is -0.333. The molecule has 0 bridgehead atoms. The van der Waals surface area contributed by atoms with E-state index in [1.165, 1.54) is 20.8 Å². The van der Waals surface area contributed by atoms with Crippen LogP contribution < -0.4 is 11.9 Å². The minimum absolute atomic E-state index is 0. The van der Waals surface area contributed by atoms with Gasteiger partial charge in [-0.1, -0.05) is 22.3 Å². The first kappa shape index (κ1) is 43.5. The summed E-state index contributed by atoms with van der Waals surface area (Å²) in [6, 6.07) is 0. The Morgan fingerprint density at radius 2 is 0.917 bits per heavy atom. The average Bonchev–Trinajstić information content (AvgIpc) is 1.25. The van der Waals surface area contributed by atoms with Crippen LogP contribution in [0.5, 0.6) is 0 Å². The van der Waals surface area contributed by atoms with Crippen LogP contribution in [-0.2, 0) is 9.59 Å². The van der Waals surface area contributed by atoms with Crippen molar-refractivity contribution < 1.29 is 9.59 Å². The lowest BCUT2D eigenvalue weighted by Crippen LogP contribution is -2.01. The van der Waals surface area contributed by atoms with Crippen molar-refractivity contribution in [3.8, 4) is 0 Å². The van der Waals surface area contributed by atoms with Gasteiger partial charge in [0.25, 0.3) is 0 Å². The van der Waals surface area contributed by atoms with Gasteiger partial charge in [-0.2, -0.15) is 0 Å². The molecule has 0 aromatic heterocycles. The zero-order chi connectivity index (χ0) is 7.15. The van der Waals surface area contributed by atoms with Crippen molar-refractivity contribution in [2.45, 2.75) is 43.1 Å². The molecule has 0 aromatic rings. The highest BCUT2D eigenvalue weighted by atomic mass is 16.1. The van der Waals surface area contributed by atoms with Gasteiger partial charge in [0.05, 0.1) is 0 Å². The van der Waals surface area contributed by atoms with Crippen LogP contribution in [0, 0.1) is 0 Å². The molecule has 4 nitrogen and oxygen atoms in total. The maximum atomic E-state index is 9.44. The Bertz CT molecular complexity index is 73.1. The zero-order valence-corrected chi connectivity index (χ0v) is 6.10. The van der Waals surface area contributed by atoms with Crippen LogP contribution >= 0.6 is 0 Å². The van der Waals surface area contributed by atoms with Crippen LogP contribution in [0.4, 0.5) is 0 Å². The number of carbonyl (C=O) groups is 2. The van der Waals surface area contributed by atoms with Gasteiger partial charge in [0.2, 0.25) is 5.91 Å². The van der Waals surface area contributed by atoms with Crippen LogP contribution in [0.25, 0.3) is 0 Å². The predicted molar refractivity (Wildman–Crippen MR) is 56.4 cm³/mol. The molecule has 0 spiro atoms. The molecule has 0 aromatic carbocycles. The number of ketones is 1. The van der Waals surface area contributed by atoms with E-state index in [1.807, 2.05) is 0 Å². The normalized spacial score (nSPS) is 4.25. The summed E-state index contributed by atoms with van der Waals surface area (Å²) in [6.07, 6.45) is 0. The molecule has 0 atom stereocenters. The third kappa shape index (κ3) is 737. The summed E-state index contributed by atoms with van der Waals surface area (Å²) in [5.74, 6) is -0.167. The molecule has 0 saturated carbocycles. The molecule has 4 heteroatoms. The number of amides is 1. The van der Waals surface area contributed by atoms with E-state index in [0.717, 1.165) is 0 Å². The highest BCUT2D eigenvalue weighted by molar-refractivity contribution is 5.72. The summed E-state index contributed by atoms with van der Waals surface area (Å²) in [6.45, 7) is 4.36. The maximum Gasteiger partial charge on any atom is 0.214 e. The first-order valence-corrected chi connectivity index (χ1v) is 2.20. The quantitative estimate of drug-likeness (QED) is 0.601. The third-order valence-electron chi connectivity index (χ3n) is 0. The van der Waals surface area contributed by atoms with Gasteiger partial charge in [-0.15, -0.1) is 0 Å². The molecule has 0 radical (unpaired) electrons. The fraction of sp³-hybridized carbons (Fsp3) is 0.750. The van der Waals surface area contributed by atoms with E-state index in [-0.39, 0.29) is 40.1 Å². The predicted octanol–water partition coefficient (Wildman–Crippen LogP) is 2.16. The van der Waals surface area contributed by atoms with Gasteiger partial charge in [-0.3, -0.25) is 4.79 Å². The molecule has 1 amide bonds. The number of rotatable bonds is 0.